The Kier molecular flexibility index (Phi) is 7.83. The topological polar surface area (TPSA) is 41.6 Å². The first-order valence-electron chi connectivity index (χ1n) is 11.1. The van der Waals surface area contributed by atoms with Crippen LogP contribution in [0.5, 0.6) is 0 Å². The predicted molar refractivity (Wildman–Crippen MR) is 128 cm³/mol. The van der Waals surface area contributed by atoms with Gasteiger partial charge in [-0.2, -0.15) is 0 Å². The van der Waals surface area contributed by atoms with Gasteiger partial charge in [0, 0.05) is 18.8 Å². The first kappa shape index (κ1) is 24.1. The molecule has 32 heavy (non-hydrogen) atoms. The van der Waals surface area contributed by atoms with Gasteiger partial charge in [0.2, 0.25) is 0 Å². The van der Waals surface area contributed by atoms with Crippen LogP contribution in [0.3, 0.4) is 0 Å². The number of halogens is 2. The van der Waals surface area contributed by atoms with E-state index in [0.29, 0.717) is 24.7 Å². The quantitative estimate of drug-likeness (QED) is 0.516. The third-order valence-corrected chi connectivity index (χ3v) is 5.94. The maximum absolute atomic E-state index is 13.6. The van der Waals surface area contributed by atoms with E-state index in [1.54, 1.807) is 17.0 Å². The van der Waals surface area contributed by atoms with Crippen molar-refractivity contribution in [1.29, 1.82) is 0 Å². The lowest BCUT2D eigenvalue weighted by atomic mass is 9.87. The number of benzene rings is 2. The highest BCUT2D eigenvalue weighted by Crippen LogP contribution is 2.31. The molecule has 0 aliphatic carbocycles. The monoisotopic (exact) mass is 458 g/mol. The Morgan fingerprint density at radius 2 is 1.88 bits per heavy atom. The van der Waals surface area contributed by atoms with Crippen molar-refractivity contribution < 1.29 is 13.9 Å². The van der Waals surface area contributed by atoms with E-state index in [1.807, 2.05) is 39.0 Å². The molecule has 6 heteroatoms. The number of nitrogens with one attached hydrogen (secondary N) is 1. The first-order chi connectivity index (χ1) is 15.1. The lowest BCUT2D eigenvalue weighted by molar-refractivity contribution is 0.0178. The van der Waals surface area contributed by atoms with Crippen molar-refractivity contribution in [2.24, 2.45) is 5.92 Å². The van der Waals surface area contributed by atoms with Crippen molar-refractivity contribution in [3.8, 4) is 0 Å². The van der Waals surface area contributed by atoms with Crippen molar-refractivity contribution >= 4 is 23.4 Å². The van der Waals surface area contributed by atoms with Gasteiger partial charge in [-0.3, -0.25) is 0 Å². The van der Waals surface area contributed by atoms with E-state index < -0.39 is 11.4 Å². The van der Waals surface area contributed by atoms with Gasteiger partial charge < -0.3 is 15.0 Å². The van der Waals surface area contributed by atoms with E-state index in [1.165, 1.54) is 6.07 Å². The molecule has 1 amide bonds. The highest BCUT2D eigenvalue weighted by Gasteiger charge is 2.28. The van der Waals surface area contributed by atoms with E-state index >= 15 is 0 Å². The van der Waals surface area contributed by atoms with Gasteiger partial charge >= 0.3 is 6.09 Å². The molecule has 2 aromatic carbocycles. The molecule has 1 aliphatic heterocycles. The van der Waals surface area contributed by atoms with Crippen molar-refractivity contribution in [1.82, 2.24) is 10.2 Å². The molecule has 1 heterocycles. The van der Waals surface area contributed by atoms with Crippen LogP contribution >= 0.6 is 11.6 Å². The van der Waals surface area contributed by atoms with Gasteiger partial charge in [0.25, 0.3) is 0 Å². The fourth-order valence-corrected chi connectivity index (χ4v) is 4.13. The minimum Gasteiger partial charge on any atom is -0.444 e. The van der Waals surface area contributed by atoms with E-state index in [-0.39, 0.29) is 17.2 Å². The van der Waals surface area contributed by atoms with Crippen molar-refractivity contribution in [3.05, 3.63) is 77.1 Å². The van der Waals surface area contributed by atoms with E-state index in [9.17, 15) is 9.18 Å². The number of carbonyl (C=O) groups is 1. The minimum atomic E-state index is -0.486. The summed E-state index contributed by atoms with van der Waals surface area (Å²) >= 11 is 5.96. The van der Waals surface area contributed by atoms with Crippen LogP contribution in [-0.2, 0) is 4.74 Å². The number of hydrogen-bond acceptors (Lipinski definition) is 3. The van der Waals surface area contributed by atoms with Gasteiger partial charge in [0.15, 0.2) is 0 Å². The molecule has 2 aromatic rings. The molecule has 1 unspecified atom stereocenters. The second kappa shape index (κ2) is 10.4. The maximum atomic E-state index is 13.6. The molecule has 0 spiro atoms. The number of rotatable bonds is 6. The molecule has 4 nitrogen and oxygen atoms in total. The Morgan fingerprint density at radius 3 is 2.47 bits per heavy atom. The van der Waals surface area contributed by atoms with Crippen LogP contribution in [0.2, 0.25) is 5.02 Å². The minimum absolute atomic E-state index is 0.0469. The zero-order valence-electron chi connectivity index (χ0n) is 19.0. The van der Waals surface area contributed by atoms with Gasteiger partial charge in [-0.1, -0.05) is 48.5 Å². The van der Waals surface area contributed by atoms with E-state index in [2.05, 4.69) is 24.0 Å². The summed E-state index contributed by atoms with van der Waals surface area (Å²) < 4.78 is 19.1. The molecule has 1 fully saturated rings. The fourth-order valence-electron chi connectivity index (χ4n) is 3.95. The summed E-state index contributed by atoms with van der Waals surface area (Å²) in [4.78, 5) is 14.2. The predicted octanol–water partition coefficient (Wildman–Crippen LogP) is 6.82. The number of nitrogens with zero attached hydrogens (tertiary/aromatic N) is 1. The molecule has 1 atom stereocenters. The maximum Gasteiger partial charge on any atom is 0.410 e. The molecule has 0 saturated carbocycles. The third-order valence-electron chi connectivity index (χ3n) is 5.65. The van der Waals surface area contributed by atoms with Crippen LogP contribution < -0.4 is 5.32 Å². The second-order valence-corrected chi connectivity index (χ2v) is 9.77. The van der Waals surface area contributed by atoms with Gasteiger partial charge in [-0.15, -0.1) is 0 Å². The average Bonchev–Trinajstić information content (AvgIpc) is 2.75. The summed E-state index contributed by atoms with van der Waals surface area (Å²) in [6.07, 6.45) is 2.49. The molecule has 1 N–H and O–H groups in total. The zero-order chi connectivity index (χ0) is 23.3. The molecule has 3 rings (SSSR count). The number of carbonyl (C=O) groups excluding carboxylic acids is 1. The Hall–Kier alpha value is -2.53. The summed E-state index contributed by atoms with van der Waals surface area (Å²) in [5.74, 6) is 0.00979. The van der Waals surface area contributed by atoms with Crippen LogP contribution in [0.15, 0.2) is 55.1 Å². The molecule has 0 aromatic heterocycles. The smallest absolute Gasteiger partial charge is 0.410 e. The van der Waals surface area contributed by atoms with E-state index in [4.69, 9.17) is 16.3 Å². The summed E-state index contributed by atoms with van der Waals surface area (Å²) in [6.45, 7) is 11.2. The molecule has 1 aliphatic rings. The van der Waals surface area contributed by atoms with Gasteiger partial charge in [-0.25, -0.2) is 9.18 Å². The summed E-state index contributed by atoms with van der Waals surface area (Å²) in [5.41, 5.74) is 2.14. The van der Waals surface area contributed by atoms with Gasteiger partial charge in [0.1, 0.15) is 11.4 Å². The third kappa shape index (κ3) is 6.73. The van der Waals surface area contributed by atoms with Crippen LogP contribution in [0.25, 0.3) is 5.70 Å². The highest BCUT2D eigenvalue weighted by molar-refractivity contribution is 6.30. The van der Waals surface area contributed by atoms with Crippen LogP contribution in [-0.4, -0.2) is 29.7 Å². The molecule has 172 valence electrons. The SMILES string of the molecule is C=C(NC(CC1CCN(C(=O)OC(C)(C)C)CC1)c1ccccc1)c1ccc(F)c(Cl)c1. The molecule has 0 radical (unpaired) electrons. The van der Waals surface area contributed by atoms with Crippen molar-refractivity contribution in [2.45, 2.75) is 51.7 Å². The molecular formula is C26H32ClFN2O2. The number of ether oxygens (including phenoxy) is 1. The number of hydrogen-bond donors (Lipinski definition) is 1. The van der Waals surface area contributed by atoms with Crippen LogP contribution in [0, 0.1) is 11.7 Å². The standard InChI is InChI=1S/C26H32ClFN2O2/c1-18(21-10-11-23(28)22(27)17-21)29-24(20-8-6-5-7-9-20)16-19-12-14-30(15-13-19)25(31)32-26(2,3)4/h5-11,17,19,24,29H,1,12-16H2,2-4H3. The Morgan fingerprint density at radius 1 is 1.22 bits per heavy atom. The van der Waals surface area contributed by atoms with Crippen molar-refractivity contribution in [3.63, 3.8) is 0 Å². The van der Waals surface area contributed by atoms with Gasteiger partial charge in [0.05, 0.1) is 11.1 Å². The van der Waals surface area contributed by atoms with Crippen LogP contribution in [0.4, 0.5) is 9.18 Å². The fraction of sp³-hybridized carbons (Fsp3) is 0.423. The van der Waals surface area contributed by atoms with Gasteiger partial charge in [-0.05, 0) is 75.3 Å². The molecular weight excluding hydrogens is 427 g/mol. The number of likely N-dealkylation sites (tertiary alicyclic amines) is 1. The highest BCUT2D eigenvalue weighted by atomic mass is 35.5. The second-order valence-electron chi connectivity index (χ2n) is 9.36. The van der Waals surface area contributed by atoms with E-state index in [0.717, 1.165) is 30.4 Å². The zero-order valence-corrected chi connectivity index (χ0v) is 19.8. The Balaban J connectivity index is 1.65. The lowest BCUT2D eigenvalue weighted by Crippen LogP contribution is -2.42. The van der Waals surface area contributed by atoms with Crippen molar-refractivity contribution in [2.75, 3.05) is 13.1 Å². The number of amides is 1. The Labute approximate surface area is 195 Å². The number of piperidine rings is 1. The summed E-state index contributed by atoms with van der Waals surface area (Å²) in [6, 6.07) is 14.9. The summed E-state index contributed by atoms with van der Waals surface area (Å²) in [5, 5.41) is 3.61. The van der Waals surface area contributed by atoms with Crippen LogP contribution in [0.1, 0.15) is 57.2 Å². The normalized spacial score (nSPS) is 15.8. The Bertz CT molecular complexity index is 935. The molecule has 0 bridgehead atoms. The summed E-state index contributed by atoms with van der Waals surface area (Å²) in [7, 11) is 0. The molecule has 1 saturated heterocycles. The average molecular weight is 459 g/mol. The first-order valence-corrected chi connectivity index (χ1v) is 11.4. The lowest BCUT2D eigenvalue weighted by Gasteiger charge is -2.35. The largest absolute Gasteiger partial charge is 0.444 e.